The molecule has 2 aromatic carbocycles. The van der Waals surface area contributed by atoms with Crippen molar-refractivity contribution in [3.8, 4) is 5.75 Å². The fourth-order valence-corrected chi connectivity index (χ4v) is 6.04. The van der Waals surface area contributed by atoms with Crippen LogP contribution in [0.15, 0.2) is 59.0 Å². The zero-order valence-electron chi connectivity index (χ0n) is 20.5. The molecule has 0 bridgehead atoms. The lowest BCUT2D eigenvalue weighted by Gasteiger charge is -2.38. The number of fused-ring (bicyclic) bond motifs is 1. The minimum atomic E-state index is -0.299. The quantitative estimate of drug-likeness (QED) is 0.454. The van der Waals surface area contributed by atoms with Crippen LogP contribution in [0.5, 0.6) is 5.75 Å². The molecule has 6 rings (SSSR count). The number of halogens is 1. The van der Waals surface area contributed by atoms with Crippen LogP contribution >= 0.6 is 11.8 Å². The van der Waals surface area contributed by atoms with Crippen LogP contribution in [0.4, 0.5) is 4.39 Å². The minimum absolute atomic E-state index is 0.0807. The second-order valence-corrected chi connectivity index (χ2v) is 11.1. The van der Waals surface area contributed by atoms with E-state index in [1.807, 2.05) is 39.8 Å². The van der Waals surface area contributed by atoms with Crippen LogP contribution in [0.25, 0.3) is 0 Å². The molecule has 0 radical (unpaired) electrons. The third kappa shape index (κ3) is 5.12. The van der Waals surface area contributed by atoms with E-state index in [0.717, 1.165) is 60.5 Å². The van der Waals surface area contributed by atoms with Crippen LogP contribution < -0.4 is 4.74 Å². The summed E-state index contributed by atoms with van der Waals surface area (Å²) in [5, 5.41) is 0. The van der Waals surface area contributed by atoms with Gasteiger partial charge in [-0.15, -0.1) is 0 Å². The van der Waals surface area contributed by atoms with Gasteiger partial charge in [-0.05, 0) is 72.4 Å². The number of amides is 2. The summed E-state index contributed by atoms with van der Waals surface area (Å²) in [7, 11) is 0. The van der Waals surface area contributed by atoms with Gasteiger partial charge in [-0.2, -0.15) is 11.8 Å². The van der Waals surface area contributed by atoms with Gasteiger partial charge in [0.05, 0.1) is 6.04 Å². The van der Waals surface area contributed by atoms with E-state index in [4.69, 9.17) is 9.15 Å². The predicted octanol–water partition coefficient (Wildman–Crippen LogP) is 5.07. The summed E-state index contributed by atoms with van der Waals surface area (Å²) in [6.45, 7) is 2.30. The number of nitrogens with zero attached hydrogens (tertiary/aromatic N) is 2. The molecular formula is C29H29FN2O4S. The number of carbonyl (C=O) groups excluding carboxylic acids is 2. The van der Waals surface area contributed by atoms with E-state index in [1.165, 1.54) is 12.1 Å². The van der Waals surface area contributed by atoms with Crippen LogP contribution in [0.3, 0.4) is 0 Å². The van der Waals surface area contributed by atoms with Gasteiger partial charge in [0.25, 0.3) is 5.91 Å². The molecule has 6 nitrogen and oxygen atoms in total. The average molecular weight is 521 g/mol. The molecule has 1 atom stereocenters. The van der Waals surface area contributed by atoms with Crippen molar-refractivity contribution in [2.24, 2.45) is 5.92 Å². The van der Waals surface area contributed by atoms with Crippen molar-refractivity contribution in [3.05, 3.63) is 88.6 Å². The van der Waals surface area contributed by atoms with E-state index < -0.39 is 0 Å². The number of carbonyl (C=O) groups is 2. The van der Waals surface area contributed by atoms with Gasteiger partial charge in [-0.3, -0.25) is 9.59 Å². The number of hydrogen-bond donors (Lipinski definition) is 0. The molecule has 2 aliphatic heterocycles. The van der Waals surface area contributed by atoms with Gasteiger partial charge in [0.1, 0.15) is 23.9 Å². The van der Waals surface area contributed by atoms with E-state index in [0.29, 0.717) is 23.8 Å². The fraction of sp³-hybridized carbons (Fsp3) is 0.379. The standard InChI is InChI=1S/C29H29FN2O4S/c30-22-6-3-20(4-7-22)27-25-17-23(8-5-19(25)11-12-32(27)28(33)21-1-2-21)35-18-24-9-10-26(36-24)29(34)31-13-15-37-16-14-31/h3-10,17,21,27H,1-2,11-16,18H2. The van der Waals surface area contributed by atoms with E-state index in [-0.39, 0.29) is 36.2 Å². The molecule has 1 aromatic heterocycles. The van der Waals surface area contributed by atoms with E-state index in [1.54, 1.807) is 24.3 Å². The summed E-state index contributed by atoms with van der Waals surface area (Å²) in [6.07, 6.45) is 2.64. The van der Waals surface area contributed by atoms with E-state index >= 15 is 0 Å². The summed E-state index contributed by atoms with van der Waals surface area (Å²) < 4.78 is 25.6. The zero-order valence-corrected chi connectivity index (χ0v) is 21.3. The lowest BCUT2D eigenvalue weighted by atomic mass is 9.87. The fourth-order valence-electron chi connectivity index (χ4n) is 5.14. The molecule has 3 aromatic rings. The Bertz CT molecular complexity index is 1300. The minimum Gasteiger partial charge on any atom is -0.486 e. The first kappa shape index (κ1) is 24.1. The van der Waals surface area contributed by atoms with Gasteiger partial charge in [0.15, 0.2) is 5.76 Å². The van der Waals surface area contributed by atoms with Gasteiger partial charge in [0, 0.05) is 37.1 Å². The van der Waals surface area contributed by atoms with Crippen LogP contribution in [-0.4, -0.2) is 52.8 Å². The highest BCUT2D eigenvalue weighted by molar-refractivity contribution is 7.99. The zero-order chi connectivity index (χ0) is 25.4. The Hall–Kier alpha value is -3.26. The second kappa shape index (κ2) is 10.2. The molecule has 3 aliphatic rings. The molecule has 1 unspecified atom stereocenters. The highest BCUT2D eigenvalue weighted by Crippen LogP contribution is 2.41. The Balaban J connectivity index is 1.21. The number of ether oxygens (including phenoxy) is 1. The van der Waals surface area contributed by atoms with Gasteiger partial charge < -0.3 is 19.0 Å². The smallest absolute Gasteiger partial charge is 0.289 e. The topological polar surface area (TPSA) is 63.0 Å². The molecule has 8 heteroatoms. The number of furan rings is 1. The molecular weight excluding hydrogens is 491 g/mol. The third-order valence-electron chi connectivity index (χ3n) is 7.29. The Morgan fingerprint density at radius 1 is 1.00 bits per heavy atom. The van der Waals surface area contributed by atoms with Crippen molar-refractivity contribution in [3.63, 3.8) is 0 Å². The van der Waals surface area contributed by atoms with E-state index in [2.05, 4.69) is 0 Å². The molecule has 37 heavy (non-hydrogen) atoms. The monoisotopic (exact) mass is 520 g/mol. The first-order valence-corrected chi connectivity index (χ1v) is 14.0. The maximum Gasteiger partial charge on any atom is 0.289 e. The maximum atomic E-state index is 13.7. The molecule has 2 amide bonds. The maximum absolute atomic E-state index is 13.7. The number of hydrogen-bond acceptors (Lipinski definition) is 5. The van der Waals surface area contributed by atoms with Crippen LogP contribution in [0, 0.1) is 11.7 Å². The summed E-state index contributed by atoms with van der Waals surface area (Å²) in [5.74, 6) is 3.36. The molecule has 0 spiro atoms. The van der Waals surface area contributed by atoms with Crippen molar-refractivity contribution < 1.29 is 23.1 Å². The Morgan fingerprint density at radius 3 is 2.54 bits per heavy atom. The molecule has 192 valence electrons. The molecule has 2 fully saturated rings. The SMILES string of the molecule is O=C(c1ccc(COc2ccc3c(c2)C(c2ccc(F)cc2)N(C(=O)C2CC2)CC3)o1)N1CCSCC1. The van der Waals surface area contributed by atoms with Crippen LogP contribution in [0.1, 0.15) is 51.9 Å². The average Bonchev–Trinajstić information content (AvgIpc) is 3.68. The highest BCUT2D eigenvalue weighted by atomic mass is 32.2. The summed E-state index contributed by atoms with van der Waals surface area (Å²) >= 11 is 1.85. The lowest BCUT2D eigenvalue weighted by Crippen LogP contribution is -2.41. The summed E-state index contributed by atoms with van der Waals surface area (Å²) in [6, 6.07) is 15.6. The normalized spacial score (nSPS) is 19.4. The first-order chi connectivity index (χ1) is 18.1. The number of thioether (sulfide) groups is 1. The molecule has 0 N–H and O–H groups in total. The number of benzene rings is 2. The van der Waals surface area contributed by atoms with Crippen molar-refractivity contribution in [2.45, 2.75) is 31.9 Å². The Morgan fingerprint density at radius 2 is 1.78 bits per heavy atom. The molecule has 1 saturated heterocycles. The first-order valence-electron chi connectivity index (χ1n) is 12.8. The molecule has 1 aliphatic carbocycles. The largest absolute Gasteiger partial charge is 0.486 e. The summed E-state index contributed by atoms with van der Waals surface area (Å²) in [4.78, 5) is 29.6. The van der Waals surface area contributed by atoms with Gasteiger partial charge in [-0.1, -0.05) is 18.2 Å². The van der Waals surface area contributed by atoms with Crippen molar-refractivity contribution in [2.75, 3.05) is 31.1 Å². The van der Waals surface area contributed by atoms with Gasteiger partial charge in [0.2, 0.25) is 5.91 Å². The second-order valence-electron chi connectivity index (χ2n) is 9.83. The van der Waals surface area contributed by atoms with Crippen molar-refractivity contribution >= 4 is 23.6 Å². The Kier molecular flexibility index (Phi) is 6.67. The summed E-state index contributed by atoms with van der Waals surface area (Å²) in [5.41, 5.74) is 3.05. The molecule has 1 saturated carbocycles. The van der Waals surface area contributed by atoms with Crippen molar-refractivity contribution in [1.29, 1.82) is 0 Å². The molecule has 3 heterocycles. The van der Waals surface area contributed by atoms with E-state index in [9.17, 15) is 14.0 Å². The third-order valence-corrected chi connectivity index (χ3v) is 8.24. The highest BCUT2D eigenvalue weighted by Gasteiger charge is 2.39. The van der Waals surface area contributed by atoms with Gasteiger partial charge >= 0.3 is 0 Å². The predicted molar refractivity (Wildman–Crippen MR) is 139 cm³/mol. The van der Waals surface area contributed by atoms with Crippen molar-refractivity contribution in [1.82, 2.24) is 9.80 Å². The van der Waals surface area contributed by atoms with Crippen LogP contribution in [-0.2, 0) is 17.8 Å². The lowest BCUT2D eigenvalue weighted by molar-refractivity contribution is -0.134. The van der Waals surface area contributed by atoms with Crippen LogP contribution in [0.2, 0.25) is 0 Å². The van der Waals surface area contributed by atoms with Gasteiger partial charge in [-0.25, -0.2) is 4.39 Å². The number of rotatable bonds is 6. The Labute approximate surface area is 219 Å².